The van der Waals surface area contributed by atoms with E-state index in [4.69, 9.17) is 5.73 Å². The second-order valence-electron chi connectivity index (χ2n) is 4.98. The Morgan fingerprint density at radius 1 is 1.50 bits per heavy atom. The standard InChI is InChI=1S/C12H22N4O2/c1-5-6-10-12(16(17)18)11(15(4)14-10)7-9(13)8(2)3/h8-9H,5-7,13H2,1-4H3. The largest absolute Gasteiger partial charge is 0.327 e. The van der Waals surface area contributed by atoms with Crippen molar-refractivity contribution in [3.05, 3.63) is 21.5 Å². The first-order valence-electron chi connectivity index (χ1n) is 6.33. The molecule has 1 rings (SSSR count). The van der Waals surface area contributed by atoms with Crippen molar-refractivity contribution in [3.63, 3.8) is 0 Å². The molecule has 0 amide bonds. The smallest absolute Gasteiger partial charge is 0.313 e. The lowest BCUT2D eigenvalue weighted by Gasteiger charge is -2.14. The fourth-order valence-electron chi connectivity index (χ4n) is 1.91. The van der Waals surface area contributed by atoms with Gasteiger partial charge in [-0.15, -0.1) is 0 Å². The number of hydrogen-bond acceptors (Lipinski definition) is 4. The van der Waals surface area contributed by atoms with Crippen LogP contribution in [0.25, 0.3) is 0 Å². The maximum atomic E-state index is 11.2. The first-order valence-corrected chi connectivity index (χ1v) is 6.33. The second kappa shape index (κ2) is 5.95. The van der Waals surface area contributed by atoms with Gasteiger partial charge in [0.15, 0.2) is 0 Å². The van der Waals surface area contributed by atoms with Crippen molar-refractivity contribution in [3.8, 4) is 0 Å². The van der Waals surface area contributed by atoms with Crippen LogP contribution < -0.4 is 5.73 Å². The van der Waals surface area contributed by atoms with Crippen molar-refractivity contribution in [1.82, 2.24) is 9.78 Å². The van der Waals surface area contributed by atoms with Gasteiger partial charge in [-0.1, -0.05) is 27.2 Å². The monoisotopic (exact) mass is 254 g/mol. The Hall–Kier alpha value is -1.43. The quantitative estimate of drug-likeness (QED) is 0.619. The van der Waals surface area contributed by atoms with Crippen molar-refractivity contribution >= 4 is 5.69 Å². The number of aryl methyl sites for hydroxylation is 2. The molecule has 0 aliphatic carbocycles. The third-order valence-corrected chi connectivity index (χ3v) is 3.16. The third-order valence-electron chi connectivity index (χ3n) is 3.16. The number of hydrogen-bond donors (Lipinski definition) is 1. The lowest BCUT2D eigenvalue weighted by Crippen LogP contribution is -2.29. The average Bonchev–Trinajstić information content (AvgIpc) is 2.55. The summed E-state index contributed by atoms with van der Waals surface area (Å²) < 4.78 is 1.60. The summed E-state index contributed by atoms with van der Waals surface area (Å²) in [5.74, 6) is 0.286. The number of rotatable bonds is 6. The summed E-state index contributed by atoms with van der Waals surface area (Å²) >= 11 is 0. The van der Waals surface area contributed by atoms with Crippen LogP contribution in [0.2, 0.25) is 0 Å². The van der Waals surface area contributed by atoms with E-state index in [2.05, 4.69) is 5.10 Å². The maximum Gasteiger partial charge on any atom is 0.313 e. The van der Waals surface area contributed by atoms with Gasteiger partial charge in [-0.05, 0) is 12.3 Å². The van der Waals surface area contributed by atoms with Crippen molar-refractivity contribution < 1.29 is 4.92 Å². The van der Waals surface area contributed by atoms with E-state index in [1.165, 1.54) is 0 Å². The van der Waals surface area contributed by atoms with Crippen LogP contribution in [0.4, 0.5) is 5.69 Å². The van der Waals surface area contributed by atoms with Crippen LogP contribution in [0.3, 0.4) is 0 Å². The van der Waals surface area contributed by atoms with Gasteiger partial charge in [-0.3, -0.25) is 14.8 Å². The molecule has 0 radical (unpaired) electrons. The zero-order chi connectivity index (χ0) is 13.9. The van der Waals surface area contributed by atoms with E-state index in [1.807, 2.05) is 20.8 Å². The minimum Gasteiger partial charge on any atom is -0.327 e. The highest BCUT2D eigenvalue weighted by molar-refractivity contribution is 5.42. The minimum atomic E-state index is -0.333. The molecule has 6 nitrogen and oxygen atoms in total. The predicted octanol–water partition coefficient (Wildman–Crippen LogP) is 1.81. The molecule has 0 spiro atoms. The van der Waals surface area contributed by atoms with E-state index in [0.29, 0.717) is 24.2 Å². The number of nitrogens with two attached hydrogens (primary N) is 1. The van der Waals surface area contributed by atoms with Gasteiger partial charge in [0.1, 0.15) is 11.4 Å². The molecular formula is C12H22N4O2. The molecule has 18 heavy (non-hydrogen) atoms. The lowest BCUT2D eigenvalue weighted by atomic mass is 9.99. The van der Waals surface area contributed by atoms with Crippen LogP contribution in [0.1, 0.15) is 38.6 Å². The van der Waals surface area contributed by atoms with Crippen LogP contribution in [-0.4, -0.2) is 20.7 Å². The Bertz CT molecular complexity index is 426. The number of aromatic nitrogens is 2. The second-order valence-corrected chi connectivity index (χ2v) is 4.98. The molecule has 0 fully saturated rings. The average molecular weight is 254 g/mol. The summed E-state index contributed by atoms with van der Waals surface area (Å²) in [6, 6.07) is -0.0893. The highest BCUT2D eigenvalue weighted by atomic mass is 16.6. The summed E-state index contributed by atoms with van der Waals surface area (Å²) in [7, 11) is 1.74. The SMILES string of the molecule is CCCc1nn(C)c(CC(N)C(C)C)c1[N+](=O)[O-]. The summed E-state index contributed by atoms with van der Waals surface area (Å²) in [5, 5.41) is 15.4. The van der Waals surface area contributed by atoms with Gasteiger partial charge in [-0.25, -0.2) is 0 Å². The highest BCUT2D eigenvalue weighted by Gasteiger charge is 2.27. The Morgan fingerprint density at radius 3 is 2.56 bits per heavy atom. The predicted molar refractivity (Wildman–Crippen MR) is 70.4 cm³/mol. The molecule has 0 aliphatic heterocycles. The lowest BCUT2D eigenvalue weighted by molar-refractivity contribution is -0.386. The molecule has 1 unspecified atom stereocenters. The zero-order valence-electron chi connectivity index (χ0n) is 11.5. The fraction of sp³-hybridized carbons (Fsp3) is 0.750. The molecule has 0 aromatic carbocycles. The Labute approximate surface area is 107 Å². The maximum absolute atomic E-state index is 11.2. The minimum absolute atomic E-state index is 0.0893. The number of nitrogens with zero attached hydrogens (tertiary/aromatic N) is 3. The van der Waals surface area contributed by atoms with Crippen LogP contribution in [0, 0.1) is 16.0 Å². The van der Waals surface area contributed by atoms with Gasteiger partial charge in [0.2, 0.25) is 0 Å². The van der Waals surface area contributed by atoms with Crippen molar-refractivity contribution in [1.29, 1.82) is 0 Å². The fourth-order valence-corrected chi connectivity index (χ4v) is 1.91. The van der Waals surface area contributed by atoms with Gasteiger partial charge in [-0.2, -0.15) is 5.10 Å². The third kappa shape index (κ3) is 3.07. The molecule has 102 valence electrons. The molecule has 0 saturated carbocycles. The van der Waals surface area contributed by atoms with E-state index in [-0.39, 0.29) is 22.6 Å². The summed E-state index contributed by atoms with van der Waals surface area (Å²) in [6.07, 6.45) is 1.95. The Balaban J connectivity index is 3.13. The first kappa shape index (κ1) is 14.6. The van der Waals surface area contributed by atoms with Crippen molar-refractivity contribution in [2.75, 3.05) is 0 Å². The molecule has 1 aromatic rings. The van der Waals surface area contributed by atoms with Crippen molar-refractivity contribution in [2.45, 2.75) is 46.1 Å². The molecule has 0 aliphatic rings. The van der Waals surface area contributed by atoms with Crippen LogP contribution >= 0.6 is 0 Å². The molecule has 0 bridgehead atoms. The first-order chi connectivity index (χ1) is 8.38. The molecule has 1 aromatic heterocycles. The number of nitro groups is 1. The molecule has 1 atom stereocenters. The normalized spacial score (nSPS) is 13.0. The summed E-state index contributed by atoms with van der Waals surface area (Å²) in [4.78, 5) is 10.9. The summed E-state index contributed by atoms with van der Waals surface area (Å²) in [6.45, 7) is 6.01. The van der Waals surface area contributed by atoms with E-state index in [0.717, 1.165) is 6.42 Å². The van der Waals surface area contributed by atoms with Gasteiger partial charge >= 0.3 is 5.69 Å². The van der Waals surface area contributed by atoms with Gasteiger partial charge in [0.25, 0.3) is 0 Å². The van der Waals surface area contributed by atoms with Crippen LogP contribution in [0.15, 0.2) is 0 Å². The molecular weight excluding hydrogens is 232 g/mol. The van der Waals surface area contributed by atoms with E-state index >= 15 is 0 Å². The zero-order valence-corrected chi connectivity index (χ0v) is 11.5. The highest BCUT2D eigenvalue weighted by Crippen LogP contribution is 2.26. The van der Waals surface area contributed by atoms with Crippen molar-refractivity contribution in [2.24, 2.45) is 18.7 Å². The Morgan fingerprint density at radius 2 is 2.11 bits per heavy atom. The van der Waals surface area contributed by atoms with Gasteiger partial charge in [0, 0.05) is 19.5 Å². The Kier molecular flexibility index (Phi) is 4.84. The molecule has 2 N–H and O–H groups in total. The van der Waals surface area contributed by atoms with E-state index in [9.17, 15) is 10.1 Å². The molecule has 6 heteroatoms. The molecule has 1 heterocycles. The van der Waals surface area contributed by atoms with E-state index < -0.39 is 0 Å². The summed E-state index contributed by atoms with van der Waals surface area (Å²) in [5.41, 5.74) is 7.35. The topological polar surface area (TPSA) is 87.0 Å². The van der Waals surface area contributed by atoms with Crippen LogP contribution in [-0.2, 0) is 19.9 Å². The van der Waals surface area contributed by atoms with Crippen LogP contribution in [0.5, 0.6) is 0 Å². The van der Waals surface area contributed by atoms with E-state index in [1.54, 1.807) is 11.7 Å². The molecule has 0 saturated heterocycles. The van der Waals surface area contributed by atoms with Gasteiger partial charge in [0.05, 0.1) is 4.92 Å². The van der Waals surface area contributed by atoms with Gasteiger partial charge < -0.3 is 5.73 Å².